The Labute approximate surface area is 118 Å². The van der Waals surface area contributed by atoms with Crippen molar-refractivity contribution in [2.24, 2.45) is 0 Å². The van der Waals surface area contributed by atoms with Crippen LogP contribution in [0.4, 0.5) is 10.5 Å². The van der Waals surface area contributed by atoms with E-state index in [0.29, 0.717) is 24.4 Å². The Balaban J connectivity index is 2.55. The maximum absolute atomic E-state index is 11.7. The van der Waals surface area contributed by atoms with E-state index in [9.17, 15) is 9.59 Å². The molecule has 0 fully saturated rings. The van der Waals surface area contributed by atoms with Gasteiger partial charge in [0.05, 0.1) is 7.11 Å². The molecule has 0 atom stereocenters. The average molecular weight is 280 g/mol. The first-order valence-corrected chi connectivity index (χ1v) is 6.36. The molecule has 0 bridgehead atoms. The molecule has 1 rings (SSSR count). The summed E-state index contributed by atoms with van der Waals surface area (Å²) in [5, 5.41) is 13.8. The van der Waals surface area contributed by atoms with Crippen molar-refractivity contribution in [2.75, 3.05) is 19.0 Å². The summed E-state index contributed by atoms with van der Waals surface area (Å²) < 4.78 is 5.21. The van der Waals surface area contributed by atoms with Crippen molar-refractivity contribution in [3.05, 3.63) is 23.3 Å². The number of ether oxygens (including phenoxy) is 1. The molecule has 2 amide bonds. The monoisotopic (exact) mass is 280 g/mol. The molecule has 6 nitrogen and oxygen atoms in total. The highest BCUT2D eigenvalue weighted by Crippen LogP contribution is 2.26. The van der Waals surface area contributed by atoms with E-state index >= 15 is 0 Å². The quantitative estimate of drug-likeness (QED) is 0.698. The Bertz CT molecular complexity index is 500. The Morgan fingerprint density at radius 1 is 1.25 bits per heavy atom. The smallest absolute Gasteiger partial charge is 0.319 e. The molecule has 0 unspecified atom stereocenters. The lowest BCUT2D eigenvalue weighted by Gasteiger charge is -2.13. The second-order valence-electron chi connectivity index (χ2n) is 4.51. The standard InChI is InChI=1S/C14H20N2O4/c1-9-7-10(2)12(20-3)8-11(9)16-14(19)15-6-4-5-13(17)18/h7-8H,4-6H2,1-3H3,(H,17,18)(H2,15,16,19). The Morgan fingerprint density at radius 2 is 1.95 bits per heavy atom. The number of carbonyl (C=O) groups is 2. The number of carbonyl (C=O) groups excluding carboxylic acids is 1. The molecule has 0 heterocycles. The van der Waals surface area contributed by atoms with Crippen molar-refractivity contribution < 1.29 is 19.4 Å². The number of methoxy groups -OCH3 is 1. The second kappa shape index (κ2) is 7.37. The number of carboxylic acids is 1. The number of nitrogens with one attached hydrogen (secondary N) is 2. The lowest BCUT2D eigenvalue weighted by Crippen LogP contribution is -2.30. The molecule has 20 heavy (non-hydrogen) atoms. The Hall–Kier alpha value is -2.24. The van der Waals surface area contributed by atoms with Gasteiger partial charge in [0.2, 0.25) is 0 Å². The van der Waals surface area contributed by atoms with Gasteiger partial charge in [0, 0.05) is 24.7 Å². The van der Waals surface area contributed by atoms with Gasteiger partial charge in [0.15, 0.2) is 0 Å². The summed E-state index contributed by atoms with van der Waals surface area (Å²) in [5.41, 5.74) is 2.60. The highest BCUT2D eigenvalue weighted by molar-refractivity contribution is 5.90. The maximum Gasteiger partial charge on any atom is 0.319 e. The van der Waals surface area contributed by atoms with Crippen LogP contribution in [0.2, 0.25) is 0 Å². The molecule has 0 aliphatic heterocycles. The van der Waals surface area contributed by atoms with Crippen molar-refractivity contribution in [3.8, 4) is 5.75 Å². The SMILES string of the molecule is COc1cc(NC(=O)NCCCC(=O)O)c(C)cc1C. The topological polar surface area (TPSA) is 87.7 Å². The summed E-state index contributed by atoms with van der Waals surface area (Å²) in [6.07, 6.45) is 0.441. The minimum absolute atomic E-state index is 0.0393. The maximum atomic E-state index is 11.7. The number of anilines is 1. The lowest BCUT2D eigenvalue weighted by molar-refractivity contribution is -0.137. The molecule has 1 aromatic carbocycles. The summed E-state index contributed by atoms with van der Waals surface area (Å²) in [6.45, 7) is 4.15. The van der Waals surface area contributed by atoms with Crippen LogP contribution in [-0.4, -0.2) is 30.8 Å². The Kier molecular flexibility index (Phi) is 5.83. The van der Waals surface area contributed by atoms with E-state index in [-0.39, 0.29) is 12.5 Å². The van der Waals surface area contributed by atoms with Crippen LogP contribution in [-0.2, 0) is 4.79 Å². The second-order valence-corrected chi connectivity index (χ2v) is 4.51. The molecule has 0 radical (unpaired) electrons. The number of rotatable bonds is 6. The molecule has 0 saturated carbocycles. The van der Waals surface area contributed by atoms with Gasteiger partial charge >= 0.3 is 12.0 Å². The van der Waals surface area contributed by atoms with Crippen molar-refractivity contribution in [2.45, 2.75) is 26.7 Å². The van der Waals surface area contributed by atoms with Crippen molar-refractivity contribution >= 4 is 17.7 Å². The number of hydrogen-bond donors (Lipinski definition) is 3. The summed E-state index contributed by atoms with van der Waals surface area (Å²) in [7, 11) is 1.58. The van der Waals surface area contributed by atoms with Crippen molar-refractivity contribution in [1.29, 1.82) is 0 Å². The Morgan fingerprint density at radius 3 is 2.55 bits per heavy atom. The van der Waals surface area contributed by atoms with Crippen molar-refractivity contribution in [1.82, 2.24) is 5.32 Å². The molecule has 1 aromatic rings. The molecular formula is C14H20N2O4. The molecular weight excluding hydrogens is 260 g/mol. The molecule has 0 spiro atoms. The van der Waals surface area contributed by atoms with E-state index in [1.165, 1.54) is 0 Å². The van der Waals surface area contributed by atoms with E-state index in [1.54, 1.807) is 13.2 Å². The number of benzene rings is 1. The van der Waals surface area contributed by atoms with Crippen LogP contribution in [0.3, 0.4) is 0 Å². The molecule has 0 aliphatic rings. The number of hydrogen-bond acceptors (Lipinski definition) is 3. The number of carboxylic acid groups (broad SMARTS) is 1. The number of aryl methyl sites for hydroxylation is 2. The van der Waals surface area contributed by atoms with Gasteiger partial charge in [-0.3, -0.25) is 4.79 Å². The largest absolute Gasteiger partial charge is 0.496 e. The van der Waals surface area contributed by atoms with Crippen LogP contribution < -0.4 is 15.4 Å². The summed E-state index contributed by atoms with van der Waals surface area (Å²) in [4.78, 5) is 22.0. The molecule has 0 aromatic heterocycles. The van der Waals surface area contributed by atoms with Crippen molar-refractivity contribution in [3.63, 3.8) is 0 Å². The molecule has 6 heteroatoms. The van der Waals surface area contributed by atoms with E-state index in [4.69, 9.17) is 9.84 Å². The van der Waals surface area contributed by atoms with Gasteiger partial charge in [-0.2, -0.15) is 0 Å². The van der Waals surface area contributed by atoms with Gasteiger partial charge in [-0.1, -0.05) is 6.07 Å². The van der Waals surface area contributed by atoms with Crippen LogP contribution in [0, 0.1) is 13.8 Å². The number of urea groups is 1. The first kappa shape index (κ1) is 15.8. The number of amides is 2. The van der Waals surface area contributed by atoms with Crippen LogP contribution in [0.15, 0.2) is 12.1 Å². The average Bonchev–Trinajstić information content (AvgIpc) is 2.37. The summed E-state index contributed by atoms with van der Waals surface area (Å²) in [6, 6.07) is 3.34. The number of aliphatic carboxylic acids is 1. The third-order valence-corrected chi connectivity index (χ3v) is 2.84. The fraction of sp³-hybridized carbons (Fsp3) is 0.429. The molecule has 3 N–H and O–H groups in total. The first-order valence-electron chi connectivity index (χ1n) is 6.36. The highest BCUT2D eigenvalue weighted by atomic mass is 16.5. The molecule has 0 aliphatic carbocycles. The fourth-order valence-electron chi connectivity index (χ4n) is 1.80. The predicted octanol–water partition coefficient (Wildman–Crippen LogP) is 2.30. The zero-order valence-electron chi connectivity index (χ0n) is 11.9. The van der Waals surface area contributed by atoms with Crippen LogP contribution in [0.5, 0.6) is 5.75 Å². The zero-order chi connectivity index (χ0) is 15.1. The van der Waals surface area contributed by atoms with Gasteiger partial charge in [-0.25, -0.2) is 4.79 Å². The third-order valence-electron chi connectivity index (χ3n) is 2.84. The van der Waals surface area contributed by atoms with E-state index in [1.807, 2.05) is 19.9 Å². The van der Waals surface area contributed by atoms with Crippen LogP contribution in [0.1, 0.15) is 24.0 Å². The van der Waals surface area contributed by atoms with Gasteiger partial charge < -0.3 is 20.5 Å². The normalized spacial score (nSPS) is 9.95. The van der Waals surface area contributed by atoms with E-state index in [2.05, 4.69) is 10.6 Å². The van der Waals surface area contributed by atoms with Gasteiger partial charge in [0.25, 0.3) is 0 Å². The van der Waals surface area contributed by atoms with E-state index < -0.39 is 5.97 Å². The predicted molar refractivity (Wildman–Crippen MR) is 76.4 cm³/mol. The van der Waals surface area contributed by atoms with Gasteiger partial charge in [-0.05, 0) is 31.4 Å². The minimum Gasteiger partial charge on any atom is -0.496 e. The van der Waals surface area contributed by atoms with Gasteiger partial charge in [-0.15, -0.1) is 0 Å². The molecule has 110 valence electrons. The minimum atomic E-state index is -0.869. The first-order chi connectivity index (χ1) is 9.43. The lowest BCUT2D eigenvalue weighted by atomic mass is 10.1. The third kappa shape index (κ3) is 4.79. The zero-order valence-corrected chi connectivity index (χ0v) is 11.9. The summed E-state index contributed by atoms with van der Waals surface area (Å²) in [5.74, 6) is -0.164. The fourth-order valence-corrected chi connectivity index (χ4v) is 1.80. The van der Waals surface area contributed by atoms with E-state index in [0.717, 1.165) is 11.1 Å². The van der Waals surface area contributed by atoms with Gasteiger partial charge in [0.1, 0.15) is 5.75 Å². The molecule has 0 saturated heterocycles. The van der Waals surface area contributed by atoms with Crippen LogP contribution >= 0.6 is 0 Å². The highest BCUT2D eigenvalue weighted by Gasteiger charge is 2.08. The summed E-state index contributed by atoms with van der Waals surface area (Å²) >= 11 is 0. The van der Waals surface area contributed by atoms with Crippen LogP contribution in [0.25, 0.3) is 0 Å².